The summed E-state index contributed by atoms with van der Waals surface area (Å²) >= 11 is 0. The van der Waals surface area contributed by atoms with Crippen LogP contribution in [0.3, 0.4) is 0 Å². The number of rotatable bonds is 26. The van der Waals surface area contributed by atoms with Gasteiger partial charge in [-0.3, -0.25) is 4.18 Å². The monoisotopic (exact) mass is 591 g/mol. The fraction of sp³-hybridized carbons (Fsp3) is 0.667. The van der Waals surface area contributed by atoms with Crippen molar-refractivity contribution in [2.75, 3.05) is 113 Å². The Hall–Kier alpha value is -1.94. The Morgan fingerprint density at radius 1 is 0.725 bits per heavy atom. The Morgan fingerprint density at radius 2 is 1.15 bits per heavy atom. The second kappa shape index (κ2) is 23.7. The summed E-state index contributed by atoms with van der Waals surface area (Å²) in [4.78, 5) is 13.1. The molecule has 0 saturated carbocycles. The Bertz CT molecular complexity index is 894. The van der Waals surface area contributed by atoms with E-state index in [1.54, 1.807) is 18.2 Å². The van der Waals surface area contributed by atoms with Crippen molar-refractivity contribution in [2.45, 2.75) is 11.8 Å². The average molecular weight is 592 g/mol. The normalized spacial score (nSPS) is 12.0. The molecule has 1 aromatic carbocycles. The van der Waals surface area contributed by atoms with Gasteiger partial charge in [0.2, 0.25) is 0 Å². The molecule has 0 N–H and O–H groups in total. The maximum Gasteiger partial charge on any atom is 0.330 e. The Morgan fingerprint density at radius 3 is 1.60 bits per heavy atom. The molecule has 0 aliphatic carbocycles. The summed E-state index contributed by atoms with van der Waals surface area (Å²) in [5.74, 6) is -0.362. The fourth-order valence-electron chi connectivity index (χ4n) is 2.89. The van der Waals surface area contributed by atoms with Gasteiger partial charge in [0.25, 0.3) is 10.1 Å². The van der Waals surface area contributed by atoms with E-state index in [1.165, 1.54) is 25.3 Å². The first-order valence-electron chi connectivity index (χ1n) is 13.2. The molecule has 0 unspecified atom stereocenters. The summed E-state index contributed by atoms with van der Waals surface area (Å²) in [6.45, 7) is 8.36. The molecule has 40 heavy (non-hydrogen) atoms. The molecule has 0 radical (unpaired) electrons. The minimum absolute atomic E-state index is 0.0595. The number of carbonyl (C=O) groups excluding carboxylic acids is 1. The highest BCUT2D eigenvalue weighted by molar-refractivity contribution is 7.86. The van der Waals surface area contributed by atoms with Gasteiger partial charge in [0.05, 0.1) is 97.9 Å². The highest BCUT2D eigenvalue weighted by atomic mass is 32.2. The van der Waals surface area contributed by atoms with E-state index in [4.69, 9.17) is 32.6 Å². The van der Waals surface area contributed by atoms with Gasteiger partial charge in [-0.05, 0) is 26.1 Å². The standard InChI is InChI=1S/C27H45NO11S/c1-25-6-8-26(9-7-25)40(30,31)39-24-23-38-22-21-37-20-19-36-18-17-35-16-15-34-14-13-33-12-11-28(2)10-4-5-27(29)32-3/h4-9H,10-24H2,1-3H3/b5-4+. The maximum absolute atomic E-state index is 12.0. The van der Waals surface area contributed by atoms with Gasteiger partial charge in [0, 0.05) is 19.2 Å². The van der Waals surface area contributed by atoms with Crippen LogP contribution in [-0.4, -0.2) is 132 Å². The predicted octanol–water partition coefficient (Wildman–Crippen LogP) is 1.46. The molecule has 0 saturated heterocycles. The SMILES string of the molecule is COC(=O)/C=C/CN(C)CCOCCOCCOCCOCCOCCOCCOS(=O)(=O)c1ccc(C)cc1. The molecule has 1 aromatic rings. The van der Waals surface area contributed by atoms with Crippen LogP contribution >= 0.6 is 0 Å². The van der Waals surface area contributed by atoms with Crippen molar-refractivity contribution < 1.29 is 50.6 Å². The van der Waals surface area contributed by atoms with Crippen molar-refractivity contribution in [3.63, 3.8) is 0 Å². The van der Waals surface area contributed by atoms with E-state index in [9.17, 15) is 13.2 Å². The van der Waals surface area contributed by atoms with Crippen molar-refractivity contribution in [3.8, 4) is 0 Å². The minimum atomic E-state index is -3.77. The third-order valence-corrected chi connectivity index (χ3v) is 6.45. The van der Waals surface area contributed by atoms with Crippen molar-refractivity contribution in [3.05, 3.63) is 42.0 Å². The molecule has 0 heterocycles. The highest BCUT2D eigenvalue weighted by Crippen LogP contribution is 2.12. The van der Waals surface area contributed by atoms with E-state index in [-0.39, 0.29) is 24.1 Å². The molecular formula is C27H45NO11S. The fourth-order valence-corrected chi connectivity index (χ4v) is 3.78. The Balaban J connectivity index is 1.78. The summed E-state index contributed by atoms with van der Waals surface area (Å²) in [6, 6.07) is 6.47. The lowest BCUT2D eigenvalue weighted by Gasteiger charge is -2.14. The van der Waals surface area contributed by atoms with Crippen LogP contribution in [0, 0.1) is 6.92 Å². The number of ether oxygens (including phenoxy) is 7. The zero-order valence-electron chi connectivity index (χ0n) is 23.9. The summed E-state index contributed by atoms with van der Waals surface area (Å²) in [5, 5.41) is 0. The van der Waals surface area contributed by atoms with Crippen molar-refractivity contribution in [1.82, 2.24) is 4.90 Å². The van der Waals surface area contributed by atoms with E-state index < -0.39 is 10.1 Å². The van der Waals surface area contributed by atoms with E-state index in [1.807, 2.05) is 18.9 Å². The van der Waals surface area contributed by atoms with E-state index in [2.05, 4.69) is 4.74 Å². The minimum Gasteiger partial charge on any atom is -0.466 e. The average Bonchev–Trinajstić information content (AvgIpc) is 2.94. The van der Waals surface area contributed by atoms with E-state index >= 15 is 0 Å². The number of esters is 1. The third-order valence-electron chi connectivity index (χ3n) is 5.13. The van der Waals surface area contributed by atoms with Crippen LogP contribution in [0.25, 0.3) is 0 Å². The molecular weight excluding hydrogens is 546 g/mol. The molecule has 13 heteroatoms. The second-order valence-corrected chi connectivity index (χ2v) is 10.1. The number of hydrogen-bond donors (Lipinski definition) is 0. The first-order chi connectivity index (χ1) is 19.3. The van der Waals surface area contributed by atoms with Crippen LogP contribution in [0.5, 0.6) is 0 Å². The lowest BCUT2D eigenvalue weighted by atomic mass is 10.2. The molecule has 0 spiro atoms. The highest BCUT2D eigenvalue weighted by Gasteiger charge is 2.14. The molecule has 0 aromatic heterocycles. The number of hydrogen-bond acceptors (Lipinski definition) is 12. The van der Waals surface area contributed by atoms with Gasteiger partial charge in [-0.2, -0.15) is 8.42 Å². The lowest BCUT2D eigenvalue weighted by molar-refractivity contribution is -0.134. The van der Waals surface area contributed by atoms with Crippen LogP contribution in [0.15, 0.2) is 41.3 Å². The largest absolute Gasteiger partial charge is 0.466 e. The molecule has 230 valence electrons. The molecule has 0 atom stereocenters. The van der Waals surface area contributed by atoms with Gasteiger partial charge < -0.3 is 38.1 Å². The third kappa shape index (κ3) is 20.0. The van der Waals surface area contributed by atoms with E-state index in [0.29, 0.717) is 79.2 Å². The van der Waals surface area contributed by atoms with Gasteiger partial charge in [0.15, 0.2) is 0 Å². The Kier molecular flexibility index (Phi) is 21.4. The van der Waals surface area contributed by atoms with Gasteiger partial charge in [0.1, 0.15) is 0 Å². The topological polar surface area (TPSA) is 128 Å². The quantitative estimate of drug-likeness (QED) is 0.0670. The van der Waals surface area contributed by atoms with Crippen LogP contribution in [0.4, 0.5) is 0 Å². The smallest absolute Gasteiger partial charge is 0.330 e. The number of likely N-dealkylation sites (N-methyl/N-ethyl adjacent to an activating group) is 1. The number of nitrogens with zero attached hydrogens (tertiary/aromatic N) is 1. The zero-order valence-corrected chi connectivity index (χ0v) is 24.7. The summed E-state index contributed by atoms with van der Waals surface area (Å²) < 4.78 is 66.2. The van der Waals surface area contributed by atoms with Crippen molar-refractivity contribution >= 4 is 16.1 Å². The zero-order chi connectivity index (χ0) is 29.3. The molecule has 0 amide bonds. The Labute approximate surface area is 238 Å². The number of aryl methyl sites for hydroxylation is 1. The molecule has 0 bridgehead atoms. The molecule has 1 rings (SSSR count). The van der Waals surface area contributed by atoms with Gasteiger partial charge in [-0.1, -0.05) is 23.8 Å². The predicted molar refractivity (Wildman–Crippen MR) is 148 cm³/mol. The number of benzene rings is 1. The maximum atomic E-state index is 12.0. The van der Waals surface area contributed by atoms with Gasteiger partial charge in [-0.15, -0.1) is 0 Å². The summed E-state index contributed by atoms with van der Waals surface area (Å²) in [7, 11) is -0.481. The summed E-state index contributed by atoms with van der Waals surface area (Å²) in [5.41, 5.74) is 0.974. The molecule has 0 aliphatic rings. The van der Waals surface area contributed by atoms with Crippen LogP contribution < -0.4 is 0 Å². The second-order valence-electron chi connectivity index (χ2n) is 8.45. The number of carbonyl (C=O) groups is 1. The van der Waals surface area contributed by atoms with Gasteiger partial charge >= 0.3 is 5.97 Å². The first kappa shape index (κ1) is 36.1. The molecule has 0 aliphatic heterocycles. The summed E-state index contributed by atoms with van der Waals surface area (Å²) in [6.07, 6.45) is 3.15. The van der Waals surface area contributed by atoms with E-state index in [0.717, 1.165) is 12.1 Å². The first-order valence-corrected chi connectivity index (χ1v) is 14.6. The van der Waals surface area contributed by atoms with Crippen LogP contribution in [0.1, 0.15) is 5.56 Å². The number of methoxy groups -OCH3 is 1. The van der Waals surface area contributed by atoms with Crippen LogP contribution in [0.2, 0.25) is 0 Å². The van der Waals surface area contributed by atoms with Gasteiger partial charge in [-0.25, -0.2) is 4.79 Å². The molecule has 0 fully saturated rings. The van der Waals surface area contributed by atoms with Crippen LogP contribution in [-0.2, 0) is 52.3 Å². The lowest BCUT2D eigenvalue weighted by Crippen LogP contribution is -2.24. The molecule has 12 nitrogen and oxygen atoms in total. The van der Waals surface area contributed by atoms with Crippen molar-refractivity contribution in [2.24, 2.45) is 0 Å². The van der Waals surface area contributed by atoms with Crippen molar-refractivity contribution in [1.29, 1.82) is 0 Å².